The SMILES string of the molecule is CC(C)(C)[S+]([O-])NC(CF)c1cccc(-c2cc(CO)cc3ccoc23)c1. The average Bonchev–Trinajstić information content (AvgIpc) is 3.12. The van der Waals surface area contributed by atoms with E-state index >= 15 is 0 Å². The number of halogens is 1. The minimum Gasteiger partial charge on any atom is -0.598 e. The van der Waals surface area contributed by atoms with Crippen molar-refractivity contribution in [2.24, 2.45) is 0 Å². The van der Waals surface area contributed by atoms with Crippen LogP contribution in [0.4, 0.5) is 4.39 Å². The summed E-state index contributed by atoms with van der Waals surface area (Å²) in [6, 6.07) is 12.4. The zero-order valence-corrected chi connectivity index (χ0v) is 16.5. The first-order valence-electron chi connectivity index (χ1n) is 8.79. The molecule has 2 N–H and O–H groups in total. The molecular weight excluding hydrogens is 365 g/mol. The molecule has 0 bridgehead atoms. The van der Waals surface area contributed by atoms with Crippen LogP contribution in [0.2, 0.25) is 0 Å². The Balaban J connectivity index is 1.99. The molecule has 3 rings (SSSR count). The molecule has 1 heterocycles. The third-order valence-electron chi connectivity index (χ3n) is 4.35. The van der Waals surface area contributed by atoms with Crippen molar-refractivity contribution in [1.82, 2.24) is 4.72 Å². The third kappa shape index (κ3) is 4.35. The summed E-state index contributed by atoms with van der Waals surface area (Å²) in [4.78, 5) is 0. The molecule has 2 atom stereocenters. The zero-order valence-electron chi connectivity index (χ0n) is 15.7. The molecule has 4 nitrogen and oxygen atoms in total. The van der Waals surface area contributed by atoms with E-state index in [1.165, 1.54) is 0 Å². The molecule has 0 aliphatic rings. The summed E-state index contributed by atoms with van der Waals surface area (Å²) in [7, 11) is 0. The summed E-state index contributed by atoms with van der Waals surface area (Å²) < 4.78 is 34.1. The van der Waals surface area contributed by atoms with Crippen molar-refractivity contribution in [3.05, 3.63) is 59.9 Å². The minimum absolute atomic E-state index is 0.0764. The third-order valence-corrected chi connectivity index (χ3v) is 5.96. The molecule has 0 saturated heterocycles. The van der Waals surface area contributed by atoms with Crippen LogP contribution in [0.3, 0.4) is 0 Å². The molecule has 144 valence electrons. The van der Waals surface area contributed by atoms with E-state index in [-0.39, 0.29) is 6.61 Å². The number of benzene rings is 2. The van der Waals surface area contributed by atoms with Gasteiger partial charge in [0.2, 0.25) is 0 Å². The van der Waals surface area contributed by atoms with Gasteiger partial charge in [-0.1, -0.05) is 18.2 Å². The lowest BCUT2D eigenvalue weighted by molar-refractivity contribution is 0.282. The van der Waals surface area contributed by atoms with Crippen LogP contribution in [0.25, 0.3) is 22.1 Å². The van der Waals surface area contributed by atoms with Crippen molar-refractivity contribution in [2.45, 2.75) is 38.2 Å². The largest absolute Gasteiger partial charge is 0.598 e. The molecular formula is C21H24FNO3S. The number of hydrogen-bond donors (Lipinski definition) is 2. The number of fused-ring (bicyclic) bond motifs is 1. The lowest BCUT2D eigenvalue weighted by Gasteiger charge is -2.27. The Morgan fingerprint density at radius 3 is 2.67 bits per heavy atom. The van der Waals surface area contributed by atoms with Gasteiger partial charge in [-0.15, -0.1) is 4.72 Å². The van der Waals surface area contributed by atoms with Gasteiger partial charge in [-0.2, -0.15) is 0 Å². The highest BCUT2D eigenvalue weighted by atomic mass is 32.2. The Morgan fingerprint density at radius 1 is 1.22 bits per heavy atom. The molecule has 2 aromatic carbocycles. The van der Waals surface area contributed by atoms with Crippen molar-refractivity contribution in [3.8, 4) is 11.1 Å². The van der Waals surface area contributed by atoms with E-state index in [9.17, 15) is 14.0 Å². The van der Waals surface area contributed by atoms with Crippen molar-refractivity contribution in [2.75, 3.05) is 6.67 Å². The van der Waals surface area contributed by atoms with E-state index in [2.05, 4.69) is 4.72 Å². The predicted molar refractivity (Wildman–Crippen MR) is 107 cm³/mol. The van der Waals surface area contributed by atoms with Gasteiger partial charge in [-0.3, -0.25) is 0 Å². The summed E-state index contributed by atoms with van der Waals surface area (Å²) in [5.41, 5.74) is 3.88. The number of furan rings is 1. The van der Waals surface area contributed by atoms with E-state index in [0.29, 0.717) is 11.1 Å². The van der Waals surface area contributed by atoms with Gasteiger partial charge in [0.1, 0.15) is 23.0 Å². The van der Waals surface area contributed by atoms with Crippen LogP contribution < -0.4 is 4.72 Å². The van der Waals surface area contributed by atoms with Crippen LogP contribution in [0.15, 0.2) is 53.1 Å². The van der Waals surface area contributed by atoms with Gasteiger partial charge in [0, 0.05) is 22.3 Å². The van der Waals surface area contributed by atoms with Crippen molar-refractivity contribution < 1.29 is 18.5 Å². The summed E-state index contributed by atoms with van der Waals surface area (Å²) in [6.07, 6.45) is 1.61. The van der Waals surface area contributed by atoms with Crippen LogP contribution >= 0.6 is 0 Å². The lowest BCUT2D eigenvalue weighted by atomic mass is 9.97. The smallest absolute Gasteiger partial charge is 0.141 e. The monoisotopic (exact) mass is 389 g/mol. The fourth-order valence-electron chi connectivity index (χ4n) is 2.87. The van der Waals surface area contributed by atoms with Gasteiger partial charge in [0.25, 0.3) is 0 Å². The van der Waals surface area contributed by atoms with Crippen molar-refractivity contribution >= 4 is 22.3 Å². The number of rotatable bonds is 6. The van der Waals surface area contributed by atoms with Gasteiger partial charge < -0.3 is 14.1 Å². The number of nitrogens with one attached hydrogen (secondary N) is 1. The maximum atomic E-state index is 13.7. The van der Waals surface area contributed by atoms with Crippen LogP contribution in [-0.2, 0) is 18.0 Å². The predicted octanol–water partition coefficient (Wildman–Crippen LogP) is 4.65. The maximum absolute atomic E-state index is 13.7. The molecule has 2 unspecified atom stereocenters. The molecule has 0 radical (unpaired) electrons. The standard InChI is InChI=1S/C21H24FNO3S/c1-21(2,3)27(25)23-19(12-22)16-6-4-5-15(11-16)18-10-14(13-24)9-17-7-8-26-20(17)18/h4-11,19,23-24H,12-13H2,1-3H3. The van der Waals surface area contributed by atoms with Gasteiger partial charge in [-0.25, -0.2) is 4.39 Å². The zero-order chi connectivity index (χ0) is 19.6. The second kappa shape index (κ2) is 8.02. The lowest BCUT2D eigenvalue weighted by Crippen LogP contribution is -2.41. The molecule has 0 amide bonds. The molecule has 27 heavy (non-hydrogen) atoms. The van der Waals surface area contributed by atoms with Gasteiger partial charge in [0.15, 0.2) is 0 Å². The van der Waals surface area contributed by atoms with Gasteiger partial charge in [-0.05, 0) is 61.7 Å². The fourth-order valence-corrected chi connectivity index (χ4v) is 3.68. The molecule has 0 saturated carbocycles. The van der Waals surface area contributed by atoms with Gasteiger partial charge >= 0.3 is 0 Å². The highest BCUT2D eigenvalue weighted by Crippen LogP contribution is 2.33. The van der Waals surface area contributed by atoms with Crippen LogP contribution in [0, 0.1) is 0 Å². The van der Waals surface area contributed by atoms with Gasteiger partial charge in [0.05, 0.1) is 12.9 Å². The van der Waals surface area contributed by atoms with Crippen LogP contribution in [0.1, 0.15) is 37.9 Å². The molecule has 1 aromatic heterocycles. The molecule has 0 aliphatic heterocycles. The number of aliphatic hydroxyl groups excluding tert-OH is 1. The van der Waals surface area contributed by atoms with Crippen molar-refractivity contribution in [1.29, 1.82) is 0 Å². The molecule has 0 fully saturated rings. The second-order valence-corrected chi connectivity index (χ2v) is 9.47. The molecule has 0 aliphatic carbocycles. The van der Waals surface area contributed by atoms with E-state index < -0.39 is 28.8 Å². The normalized spacial score (nSPS) is 14.4. The number of hydrogen-bond acceptors (Lipinski definition) is 4. The Morgan fingerprint density at radius 2 is 2.00 bits per heavy atom. The number of aliphatic hydroxyl groups is 1. The van der Waals surface area contributed by atoms with Crippen molar-refractivity contribution in [3.63, 3.8) is 0 Å². The minimum atomic E-state index is -1.38. The first-order chi connectivity index (χ1) is 12.8. The summed E-state index contributed by atoms with van der Waals surface area (Å²) >= 11 is -1.38. The highest BCUT2D eigenvalue weighted by Gasteiger charge is 2.30. The first kappa shape index (κ1) is 19.9. The average molecular weight is 389 g/mol. The summed E-state index contributed by atoms with van der Waals surface area (Å²) in [6.45, 7) is 4.78. The highest BCUT2D eigenvalue weighted by molar-refractivity contribution is 7.90. The Hall–Kier alpha value is -1.86. The Labute approximate surface area is 161 Å². The fraction of sp³-hybridized carbons (Fsp3) is 0.333. The van der Waals surface area contributed by atoms with E-state index in [4.69, 9.17) is 4.42 Å². The van der Waals surface area contributed by atoms with E-state index in [0.717, 1.165) is 22.1 Å². The quantitative estimate of drug-likeness (QED) is 0.602. The number of alkyl halides is 1. The Kier molecular flexibility index (Phi) is 5.91. The first-order valence-corrected chi connectivity index (χ1v) is 9.94. The van der Waals surface area contributed by atoms with Crippen LogP contribution in [0.5, 0.6) is 0 Å². The topological polar surface area (TPSA) is 68.5 Å². The molecule has 3 aromatic rings. The van der Waals surface area contributed by atoms with E-state index in [1.54, 1.807) is 6.26 Å². The molecule has 6 heteroatoms. The summed E-state index contributed by atoms with van der Waals surface area (Å²) in [5, 5.41) is 10.4. The van der Waals surface area contributed by atoms with E-state index in [1.807, 2.05) is 63.2 Å². The maximum Gasteiger partial charge on any atom is 0.141 e. The summed E-state index contributed by atoms with van der Waals surface area (Å²) in [5.74, 6) is 0. The Bertz CT molecular complexity index is 919. The second-order valence-electron chi connectivity index (χ2n) is 7.47. The van der Waals surface area contributed by atoms with Crippen LogP contribution in [-0.4, -0.2) is 21.1 Å². The molecule has 0 spiro atoms.